The summed E-state index contributed by atoms with van der Waals surface area (Å²) in [6, 6.07) is 6.44. The first-order chi connectivity index (χ1) is 13.0. The molecule has 1 heterocycles. The molecule has 1 saturated heterocycles. The number of imide groups is 1. The van der Waals surface area contributed by atoms with Crippen molar-refractivity contribution in [1.29, 1.82) is 0 Å². The minimum atomic E-state index is -0.460. The van der Waals surface area contributed by atoms with Crippen LogP contribution in [0.25, 0.3) is 0 Å². The summed E-state index contributed by atoms with van der Waals surface area (Å²) in [7, 11) is 0. The molecule has 1 aromatic rings. The van der Waals surface area contributed by atoms with Gasteiger partial charge in [-0.3, -0.25) is 19.3 Å². The Labute approximate surface area is 157 Å². The van der Waals surface area contributed by atoms with Crippen LogP contribution in [0.15, 0.2) is 36.4 Å². The van der Waals surface area contributed by atoms with Gasteiger partial charge in [-0.2, -0.15) is 0 Å². The average molecular weight is 370 g/mol. The number of nitrogens with one attached hydrogen (secondary N) is 1. The molecule has 0 aromatic heterocycles. The third-order valence-electron chi connectivity index (χ3n) is 4.82. The van der Waals surface area contributed by atoms with Crippen molar-refractivity contribution in [3.05, 3.63) is 42.0 Å². The number of benzene rings is 1. The number of allylic oxidation sites excluding steroid dienone is 2. The highest BCUT2D eigenvalue weighted by Gasteiger charge is 2.46. The Morgan fingerprint density at radius 3 is 2.44 bits per heavy atom. The SMILES string of the molecule is CCOC(=O)c1cccc(NC(=O)CCN2C(=O)C3CC=CCC3C2=O)c1. The van der Waals surface area contributed by atoms with E-state index in [1.165, 1.54) is 11.0 Å². The number of hydrogen-bond acceptors (Lipinski definition) is 5. The number of carbonyl (C=O) groups excluding carboxylic acids is 4. The highest BCUT2D eigenvalue weighted by molar-refractivity contribution is 6.06. The number of likely N-dealkylation sites (tertiary alicyclic amines) is 1. The standard InChI is InChI=1S/C20H22N2O5/c1-2-27-20(26)13-6-5-7-14(12-13)21-17(23)10-11-22-18(24)15-8-3-4-9-16(15)19(22)25/h3-7,12,15-16H,2,8-11H2,1H3,(H,21,23). The maximum atomic E-state index is 12.4. The Balaban J connectivity index is 1.56. The molecule has 1 fully saturated rings. The second-order valence-electron chi connectivity index (χ2n) is 6.58. The maximum Gasteiger partial charge on any atom is 0.338 e. The van der Waals surface area contributed by atoms with Gasteiger partial charge in [0.05, 0.1) is 24.0 Å². The molecule has 1 aromatic carbocycles. The van der Waals surface area contributed by atoms with Crippen LogP contribution in [0.3, 0.4) is 0 Å². The molecule has 7 heteroatoms. The number of amides is 3. The Kier molecular flexibility index (Phi) is 5.69. The summed E-state index contributed by atoms with van der Waals surface area (Å²) in [5.74, 6) is -1.74. The van der Waals surface area contributed by atoms with Crippen LogP contribution in [0.5, 0.6) is 0 Å². The number of nitrogens with zero attached hydrogens (tertiary/aromatic N) is 1. The Hall–Kier alpha value is -2.96. The van der Waals surface area contributed by atoms with Gasteiger partial charge in [-0.1, -0.05) is 18.2 Å². The van der Waals surface area contributed by atoms with Gasteiger partial charge in [0.2, 0.25) is 17.7 Å². The van der Waals surface area contributed by atoms with E-state index in [1.807, 2.05) is 12.2 Å². The van der Waals surface area contributed by atoms with E-state index in [0.717, 1.165) is 0 Å². The van der Waals surface area contributed by atoms with Crippen LogP contribution in [-0.2, 0) is 19.1 Å². The third-order valence-corrected chi connectivity index (χ3v) is 4.82. The van der Waals surface area contributed by atoms with Crippen LogP contribution in [-0.4, -0.2) is 41.7 Å². The zero-order valence-electron chi connectivity index (χ0n) is 15.1. The monoisotopic (exact) mass is 370 g/mol. The second kappa shape index (κ2) is 8.16. The largest absolute Gasteiger partial charge is 0.462 e. The average Bonchev–Trinajstić information content (AvgIpc) is 2.91. The van der Waals surface area contributed by atoms with E-state index in [-0.39, 0.29) is 49.1 Å². The fraction of sp³-hybridized carbons (Fsp3) is 0.400. The van der Waals surface area contributed by atoms with Crippen molar-refractivity contribution < 1.29 is 23.9 Å². The van der Waals surface area contributed by atoms with Gasteiger partial charge in [-0.15, -0.1) is 0 Å². The first-order valence-corrected chi connectivity index (χ1v) is 9.08. The number of anilines is 1. The van der Waals surface area contributed by atoms with Crippen molar-refractivity contribution in [1.82, 2.24) is 4.90 Å². The van der Waals surface area contributed by atoms with Gasteiger partial charge in [-0.25, -0.2) is 4.79 Å². The van der Waals surface area contributed by atoms with Crippen molar-refractivity contribution in [2.45, 2.75) is 26.2 Å². The summed E-state index contributed by atoms with van der Waals surface area (Å²) in [5, 5.41) is 2.69. The van der Waals surface area contributed by atoms with Gasteiger partial charge < -0.3 is 10.1 Å². The van der Waals surface area contributed by atoms with E-state index in [9.17, 15) is 19.2 Å². The van der Waals surface area contributed by atoms with E-state index >= 15 is 0 Å². The van der Waals surface area contributed by atoms with Crippen molar-refractivity contribution in [2.24, 2.45) is 11.8 Å². The lowest BCUT2D eigenvalue weighted by atomic mass is 9.85. The third kappa shape index (κ3) is 4.07. The van der Waals surface area contributed by atoms with E-state index in [1.54, 1.807) is 25.1 Å². The molecule has 1 aliphatic heterocycles. The summed E-state index contributed by atoms with van der Waals surface area (Å²) in [4.78, 5) is 50.0. The Bertz CT molecular complexity index is 775. The molecule has 142 valence electrons. The highest BCUT2D eigenvalue weighted by Crippen LogP contribution is 2.35. The number of esters is 1. The van der Waals surface area contributed by atoms with Gasteiger partial charge in [0.15, 0.2) is 0 Å². The molecule has 3 rings (SSSR count). The number of hydrogen-bond donors (Lipinski definition) is 1. The fourth-order valence-electron chi connectivity index (χ4n) is 3.46. The zero-order valence-corrected chi connectivity index (χ0v) is 15.1. The molecular weight excluding hydrogens is 348 g/mol. The lowest BCUT2D eigenvalue weighted by molar-refractivity contribution is -0.140. The van der Waals surface area contributed by atoms with E-state index in [0.29, 0.717) is 24.1 Å². The molecule has 0 saturated carbocycles. The molecule has 3 amide bonds. The minimum Gasteiger partial charge on any atom is -0.462 e. The van der Waals surface area contributed by atoms with Gasteiger partial charge in [0, 0.05) is 18.7 Å². The highest BCUT2D eigenvalue weighted by atomic mass is 16.5. The summed E-state index contributed by atoms with van der Waals surface area (Å²) < 4.78 is 4.93. The molecular formula is C20H22N2O5. The quantitative estimate of drug-likeness (QED) is 0.470. The lowest BCUT2D eigenvalue weighted by Crippen LogP contribution is -2.34. The number of carbonyl (C=O) groups is 4. The molecule has 1 aliphatic carbocycles. The predicted octanol–water partition coefficient (Wildman–Crippen LogP) is 2.14. The molecule has 0 spiro atoms. The first-order valence-electron chi connectivity index (χ1n) is 9.08. The molecule has 1 N–H and O–H groups in total. The number of rotatable bonds is 6. The van der Waals surface area contributed by atoms with Crippen LogP contribution in [0.1, 0.15) is 36.5 Å². The smallest absolute Gasteiger partial charge is 0.338 e. The molecule has 2 aliphatic rings. The summed E-state index contributed by atoms with van der Waals surface area (Å²) >= 11 is 0. The molecule has 2 atom stereocenters. The summed E-state index contributed by atoms with van der Waals surface area (Å²) in [5.41, 5.74) is 0.804. The van der Waals surface area contributed by atoms with Crippen molar-refractivity contribution >= 4 is 29.4 Å². The second-order valence-corrected chi connectivity index (χ2v) is 6.58. The van der Waals surface area contributed by atoms with Crippen molar-refractivity contribution in [3.8, 4) is 0 Å². The van der Waals surface area contributed by atoms with Crippen LogP contribution in [0.2, 0.25) is 0 Å². The summed E-state index contributed by atoms with van der Waals surface area (Å²) in [6.07, 6.45) is 5.03. The van der Waals surface area contributed by atoms with E-state index in [4.69, 9.17) is 4.74 Å². The number of ether oxygens (including phenoxy) is 1. The molecule has 0 radical (unpaired) electrons. The predicted molar refractivity (Wildman–Crippen MR) is 97.7 cm³/mol. The topological polar surface area (TPSA) is 92.8 Å². The van der Waals surface area contributed by atoms with Crippen molar-refractivity contribution in [3.63, 3.8) is 0 Å². The normalized spacial score (nSPS) is 21.1. The fourth-order valence-corrected chi connectivity index (χ4v) is 3.46. The Morgan fingerprint density at radius 2 is 1.81 bits per heavy atom. The van der Waals surface area contributed by atoms with Gasteiger partial charge in [0.1, 0.15) is 0 Å². The van der Waals surface area contributed by atoms with Crippen molar-refractivity contribution in [2.75, 3.05) is 18.5 Å². The van der Waals surface area contributed by atoms with Gasteiger partial charge in [0.25, 0.3) is 0 Å². The minimum absolute atomic E-state index is 0.00792. The Morgan fingerprint density at radius 1 is 1.15 bits per heavy atom. The molecule has 27 heavy (non-hydrogen) atoms. The first kappa shape index (κ1) is 18.8. The van der Waals surface area contributed by atoms with E-state index < -0.39 is 5.97 Å². The molecule has 2 unspecified atom stereocenters. The van der Waals surface area contributed by atoms with Crippen LogP contribution in [0.4, 0.5) is 5.69 Å². The van der Waals surface area contributed by atoms with Crippen LogP contribution < -0.4 is 5.32 Å². The van der Waals surface area contributed by atoms with Crippen LogP contribution >= 0.6 is 0 Å². The van der Waals surface area contributed by atoms with Gasteiger partial charge >= 0.3 is 5.97 Å². The summed E-state index contributed by atoms with van der Waals surface area (Å²) in [6.45, 7) is 2.05. The molecule has 0 bridgehead atoms. The molecule has 7 nitrogen and oxygen atoms in total. The van der Waals surface area contributed by atoms with Crippen LogP contribution in [0, 0.1) is 11.8 Å². The zero-order chi connectivity index (χ0) is 19.4. The number of fused-ring (bicyclic) bond motifs is 1. The van der Waals surface area contributed by atoms with Gasteiger partial charge in [-0.05, 0) is 38.0 Å². The lowest BCUT2D eigenvalue weighted by Gasteiger charge is -2.14. The maximum absolute atomic E-state index is 12.4. The van der Waals surface area contributed by atoms with E-state index in [2.05, 4.69) is 5.32 Å².